The van der Waals surface area contributed by atoms with E-state index in [9.17, 15) is 4.79 Å². The van der Waals surface area contributed by atoms with Crippen LogP contribution in [-0.4, -0.2) is 25.1 Å². The predicted octanol–water partition coefficient (Wildman–Crippen LogP) is 2.52. The molecular weight excluding hydrogens is 264 g/mol. The van der Waals surface area contributed by atoms with Gasteiger partial charge >= 0.3 is 0 Å². The SMILES string of the molecule is CNC(C)(CCOc1ccc(C)cc1C(C)(C)C)C(N)=O. The van der Waals surface area contributed by atoms with Crippen LogP contribution >= 0.6 is 0 Å². The van der Waals surface area contributed by atoms with Crippen molar-refractivity contribution < 1.29 is 9.53 Å². The number of carbonyl (C=O) groups excluding carboxylic acids is 1. The first-order valence-electron chi connectivity index (χ1n) is 7.33. The van der Waals surface area contributed by atoms with E-state index in [-0.39, 0.29) is 11.3 Å². The van der Waals surface area contributed by atoms with Gasteiger partial charge in [0.2, 0.25) is 5.91 Å². The average molecular weight is 292 g/mol. The quantitative estimate of drug-likeness (QED) is 0.847. The van der Waals surface area contributed by atoms with Gasteiger partial charge in [-0.2, -0.15) is 0 Å². The second-order valence-electron chi connectivity index (χ2n) is 6.79. The van der Waals surface area contributed by atoms with Crippen molar-refractivity contribution in [3.8, 4) is 5.75 Å². The normalized spacial score (nSPS) is 14.6. The fourth-order valence-corrected chi connectivity index (χ4v) is 2.09. The molecule has 0 fully saturated rings. The Morgan fingerprint density at radius 1 is 1.29 bits per heavy atom. The number of benzene rings is 1. The van der Waals surface area contributed by atoms with Gasteiger partial charge in [0.05, 0.1) is 12.1 Å². The molecule has 1 unspecified atom stereocenters. The molecule has 0 spiro atoms. The molecule has 0 saturated carbocycles. The highest BCUT2D eigenvalue weighted by atomic mass is 16.5. The van der Waals surface area contributed by atoms with Crippen LogP contribution in [0, 0.1) is 6.92 Å². The van der Waals surface area contributed by atoms with Crippen LogP contribution in [0.5, 0.6) is 5.75 Å². The van der Waals surface area contributed by atoms with Crippen molar-refractivity contribution in [1.29, 1.82) is 0 Å². The third-order valence-corrected chi connectivity index (χ3v) is 3.90. The van der Waals surface area contributed by atoms with E-state index in [0.717, 1.165) is 5.75 Å². The molecule has 0 saturated heterocycles. The van der Waals surface area contributed by atoms with Crippen molar-refractivity contribution in [2.45, 2.75) is 52.0 Å². The van der Waals surface area contributed by atoms with Gasteiger partial charge in [-0.3, -0.25) is 4.79 Å². The molecule has 0 aliphatic rings. The van der Waals surface area contributed by atoms with E-state index >= 15 is 0 Å². The van der Waals surface area contributed by atoms with Gasteiger partial charge in [-0.05, 0) is 37.9 Å². The van der Waals surface area contributed by atoms with Gasteiger partial charge in [-0.25, -0.2) is 0 Å². The van der Waals surface area contributed by atoms with Crippen LogP contribution in [0.25, 0.3) is 0 Å². The number of hydrogen-bond acceptors (Lipinski definition) is 3. The summed E-state index contributed by atoms with van der Waals surface area (Å²) in [6.45, 7) is 10.8. The summed E-state index contributed by atoms with van der Waals surface area (Å²) in [7, 11) is 1.73. The molecule has 118 valence electrons. The molecule has 4 heteroatoms. The molecule has 1 atom stereocenters. The minimum Gasteiger partial charge on any atom is -0.493 e. The second kappa shape index (κ2) is 6.48. The molecule has 0 aromatic heterocycles. The second-order valence-corrected chi connectivity index (χ2v) is 6.79. The highest BCUT2D eigenvalue weighted by Crippen LogP contribution is 2.32. The molecule has 1 aromatic rings. The Morgan fingerprint density at radius 2 is 1.90 bits per heavy atom. The fraction of sp³-hybridized carbons (Fsp3) is 0.588. The van der Waals surface area contributed by atoms with Crippen molar-refractivity contribution in [3.05, 3.63) is 29.3 Å². The summed E-state index contributed by atoms with van der Waals surface area (Å²) in [6, 6.07) is 6.19. The topological polar surface area (TPSA) is 64.3 Å². The van der Waals surface area contributed by atoms with Crippen LogP contribution < -0.4 is 15.8 Å². The zero-order valence-electron chi connectivity index (χ0n) is 14.0. The molecule has 1 aromatic carbocycles. The van der Waals surface area contributed by atoms with Crippen molar-refractivity contribution in [2.75, 3.05) is 13.7 Å². The van der Waals surface area contributed by atoms with Crippen LogP contribution in [0.1, 0.15) is 45.2 Å². The maximum absolute atomic E-state index is 11.5. The lowest BCUT2D eigenvalue weighted by molar-refractivity contribution is -0.124. The number of hydrogen-bond donors (Lipinski definition) is 2. The van der Waals surface area contributed by atoms with E-state index in [4.69, 9.17) is 10.5 Å². The third kappa shape index (κ3) is 4.46. The summed E-state index contributed by atoms with van der Waals surface area (Å²) >= 11 is 0. The lowest BCUT2D eigenvalue weighted by Crippen LogP contribution is -2.52. The van der Waals surface area contributed by atoms with Gasteiger partial charge in [-0.15, -0.1) is 0 Å². The van der Waals surface area contributed by atoms with E-state index in [1.165, 1.54) is 11.1 Å². The Hall–Kier alpha value is -1.55. The predicted molar refractivity (Wildman–Crippen MR) is 86.7 cm³/mol. The molecule has 4 nitrogen and oxygen atoms in total. The Balaban J connectivity index is 2.83. The number of likely N-dealkylation sites (N-methyl/N-ethyl adjacent to an activating group) is 1. The summed E-state index contributed by atoms with van der Waals surface area (Å²) in [4.78, 5) is 11.5. The molecular formula is C17H28N2O2. The summed E-state index contributed by atoms with van der Waals surface area (Å²) in [5.74, 6) is 0.504. The Kier molecular flexibility index (Phi) is 5.40. The lowest BCUT2D eigenvalue weighted by atomic mass is 9.85. The zero-order valence-corrected chi connectivity index (χ0v) is 14.0. The molecule has 0 radical (unpaired) electrons. The zero-order chi connectivity index (χ0) is 16.3. The molecule has 0 aliphatic heterocycles. The van der Waals surface area contributed by atoms with Gasteiger partial charge in [0.1, 0.15) is 5.75 Å². The van der Waals surface area contributed by atoms with E-state index in [2.05, 4.69) is 39.1 Å². The lowest BCUT2D eigenvalue weighted by Gasteiger charge is -2.27. The van der Waals surface area contributed by atoms with Crippen molar-refractivity contribution in [3.63, 3.8) is 0 Å². The molecule has 1 rings (SSSR count). The third-order valence-electron chi connectivity index (χ3n) is 3.90. The van der Waals surface area contributed by atoms with Gasteiger partial charge in [-0.1, -0.05) is 38.5 Å². The van der Waals surface area contributed by atoms with Crippen molar-refractivity contribution in [1.82, 2.24) is 5.32 Å². The van der Waals surface area contributed by atoms with Crippen LogP contribution in [0.4, 0.5) is 0 Å². The van der Waals surface area contributed by atoms with Crippen molar-refractivity contribution in [2.24, 2.45) is 5.73 Å². The molecule has 3 N–H and O–H groups in total. The Bertz CT molecular complexity index is 506. The molecule has 21 heavy (non-hydrogen) atoms. The number of aryl methyl sites for hydroxylation is 1. The largest absolute Gasteiger partial charge is 0.493 e. The Labute approximate surface area is 128 Å². The van der Waals surface area contributed by atoms with Gasteiger partial charge < -0.3 is 15.8 Å². The fourth-order valence-electron chi connectivity index (χ4n) is 2.09. The van der Waals surface area contributed by atoms with Crippen LogP contribution in [0.2, 0.25) is 0 Å². The van der Waals surface area contributed by atoms with E-state index in [1.807, 2.05) is 12.1 Å². The van der Waals surface area contributed by atoms with E-state index in [0.29, 0.717) is 13.0 Å². The first-order valence-corrected chi connectivity index (χ1v) is 7.33. The number of amides is 1. The standard InChI is InChI=1S/C17H28N2O2/c1-12-7-8-14(13(11-12)16(2,3)4)21-10-9-17(5,19-6)15(18)20/h7-8,11,19H,9-10H2,1-6H3,(H2,18,20). The number of carbonyl (C=O) groups is 1. The van der Waals surface area contributed by atoms with Gasteiger partial charge in [0.25, 0.3) is 0 Å². The maximum atomic E-state index is 11.5. The van der Waals surface area contributed by atoms with Crippen molar-refractivity contribution >= 4 is 5.91 Å². The summed E-state index contributed by atoms with van der Waals surface area (Å²) < 4.78 is 5.92. The molecule has 0 heterocycles. The maximum Gasteiger partial charge on any atom is 0.237 e. The number of rotatable bonds is 6. The van der Waals surface area contributed by atoms with Gasteiger partial charge in [0, 0.05) is 6.42 Å². The minimum absolute atomic E-state index is 0.0113. The minimum atomic E-state index is -0.743. The monoisotopic (exact) mass is 292 g/mol. The number of primary amides is 1. The van der Waals surface area contributed by atoms with E-state index in [1.54, 1.807) is 14.0 Å². The van der Waals surface area contributed by atoms with Crippen LogP contribution in [-0.2, 0) is 10.2 Å². The Morgan fingerprint density at radius 3 is 2.38 bits per heavy atom. The highest BCUT2D eigenvalue weighted by Gasteiger charge is 2.29. The molecule has 0 aliphatic carbocycles. The number of ether oxygens (including phenoxy) is 1. The van der Waals surface area contributed by atoms with Crippen LogP contribution in [0.3, 0.4) is 0 Å². The average Bonchev–Trinajstić information content (AvgIpc) is 2.38. The smallest absolute Gasteiger partial charge is 0.237 e. The molecule has 1 amide bonds. The highest BCUT2D eigenvalue weighted by molar-refractivity contribution is 5.84. The summed E-state index contributed by atoms with van der Waals surface area (Å²) in [5, 5.41) is 2.96. The summed E-state index contributed by atoms with van der Waals surface area (Å²) in [5.41, 5.74) is 7.08. The van der Waals surface area contributed by atoms with Gasteiger partial charge in [0.15, 0.2) is 0 Å². The number of nitrogens with two attached hydrogens (primary N) is 1. The molecule has 0 bridgehead atoms. The first kappa shape index (κ1) is 17.5. The van der Waals surface area contributed by atoms with Crippen LogP contribution in [0.15, 0.2) is 18.2 Å². The summed E-state index contributed by atoms with van der Waals surface area (Å²) in [6.07, 6.45) is 0.524. The first-order chi connectivity index (χ1) is 9.60. The van der Waals surface area contributed by atoms with E-state index < -0.39 is 5.54 Å². The number of nitrogens with one attached hydrogen (secondary N) is 1.